The Labute approximate surface area is 151 Å². The first kappa shape index (κ1) is 16.4. The first-order valence-corrected chi connectivity index (χ1v) is 8.82. The molecule has 1 saturated heterocycles. The molecule has 6 heteroatoms. The van der Waals surface area contributed by atoms with Crippen LogP contribution in [0.1, 0.15) is 29.6 Å². The smallest absolute Gasteiger partial charge is 0.255 e. The second-order valence-electron chi connectivity index (χ2n) is 6.37. The maximum Gasteiger partial charge on any atom is 0.255 e. The third kappa shape index (κ3) is 3.35. The monoisotopic (exact) mass is 352 g/mol. The Bertz CT molecular complexity index is 849. The molecule has 0 unspecified atom stereocenters. The molecule has 0 bridgehead atoms. The number of benzene rings is 2. The van der Waals surface area contributed by atoms with Crippen LogP contribution >= 0.6 is 0 Å². The molecule has 0 saturated carbocycles. The topological polar surface area (TPSA) is 67.9 Å². The number of hydrogen-bond acceptors (Lipinski definition) is 4. The van der Waals surface area contributed by atoms with Gasteiger partial charge in [-0.1, -0.05) is 6.07 Å². The Hall–Kier alpha value is -3.02. The van der Waals surface area contributed by atoms with Gasteiger partial charge in [-0.05, 0) is 36.8 Å². The predicted molar refractivity (Wildman–Crippen MR) is 98.0 cm³/mol. The summed E-state index contributed by atoms with van der Waals surface area (Å²) in [5.41, 5.74) is 1.91. The van der Waals surface area contributed by atoms with Gasteiger partial charge in [0.2, 0.25) is 5.91 Å². The van der Waals surface area contributed by atoms with Crippen molar-refractivity contribution in [2.24, 2.45) is 0 Å². The van der Waals surface area contributed by atoms with E-state index in [4.69, 9.17) is 9.47 Å². The third-order valence-corrected chi connectivity index (χ3v) is 4.50. The van der Waals surface area contributed by atoms with Crippen molar-refractivity contribution in [3.8, 4) is 11.5 Å². The van der Waals surface area contributed by atoms with E-state index in [0.717, 1.165) is 18.5 Å². The van der Waals surface area contributed by atoms with Crippen molar-refractivity contribution in [3.05, 3.63) is 48.0 Å². The molecule has 1 fully saturated rings. The Morgan fingerprint density at radius 2 is 1.85 bits per heavy atom. The van der Waals surface area contributed by atoms with Crippen molar-refractivity contribution in [2.75, 3.05) is 30.0 Å². The summed E-state index contributed by atoms with van der Waals surface area (Å²) in [6.07, 6.45) is 2.25. The van der Waals surface area contributed by atoms with Crippen molar-refractivity contribution in [1.82, 2.24) is 0 Å². The molecule has 0 atom stereocenters. The van der Waals surface area contributed by atoms with Crippen molar-refractivity contribution >= 4 is 23.2 Å². The van der Waals surface area contributed by atoms with Gasteiger partial charge in [0.15, 0.2) is 11.5 Å². The van der Waals surface area contributed by atoms with Gasteiger partial charge in [-0.2, -0.15) is 0 Å². The molecular formula is C20H20N2O4. The Morgan fingerprint density at radius 3 is 2.65 bits per heavy atom. The predicted octanol–water partition coefficient (Wildman–Crippen LogP) is 3.23. The highest BCUT2D eigenvalue weighted by Gasteiger charge is 2.22. The molecule has 0 aromatic heterocycles. The lowest BCUT2D eigenvalue weighted by molar-refractivity contribution is -0.117. The number of anilines is 2. The van der Waals surface area contributed by atoms with Gasteiger partial charge in [0.05, 0.1) is 13.2 Å². The summed E-state index contributed by atoms with van der Waals surface area (Å²) in [7, 11) is 0. The summed E-state index contributed by atoms with van der Waals surface area (Å²) in [6.45, 7) is 1.92. The molecule has 0 spiro atoms. The maximum atomic E-state index is 12.6. The van der Waals surface area contributed by atoms with Crippen LogP contribution in [-0.2, 0) is 4.79 Å². The summed E-state index contributed by atoms with van der Waals surface area (Å²) in [4.78, 5) is 26.2. The number of nitrogens with one attached hydrogen (secondary N) is 1. The number of ether oxygens (including phenoxy) is 2. The van der Waals surface area contributed by atoms with E-state index in [9.17, 15) is 9.59 Å². The second-order valence-corrected chi connectivity index (χ2v) is 6.37. The van der Waals surface area contributed by atoms with E-state index in [1.807, 2.05) is 6.07 Å². The summed E-state index contributed by atoms with van der Waals surface area (Å²) < 4.78 is 11.3. The first-order chi connectivity index (χ1) is 12.7. The van der Waals surface area contributed by atoms with Crippen LogP contribution in [0.5, 0.6) is 11.5 Å². The van der Waals surface area contributed by atoms with Crippen LogP contribution in [0, 0.1) is 0 Å². The van der Waals surface area contributed by atoms with E-state index in [1.54, 1.807) is 41.3 Å². The fourth-order valence-corrected chi connectivity index (χ4v) is 3.18. The molecule has 6 nitrogen and oxygen atoms in total. The van der Waals surface area contributed by atoms with Crippen molar-refractivity contribution in [3.63, 3.8) is 0 Å². The highest BCUT2D eigenvalue weighted by atomic mass is 16.5. The number of fused-ring (bicyclic) bond motifs is 1. The number of hydrogen-bond donors (Lipinski definition) is 1. The number of rotatable bonds is 3. The maximum absolute atomic E-state index is 12.6. The Morgan fingerprint density at radius 1 is 1.00 bits per heavy atom. The van der Waals surface area contributed by atoms with Gasteiger partial charge in [-0.15, -0.1) is 0 Å². The van der Waals surface area contributed by atoms with E-state index >= 15 is 0 Å². The average Bonchev–Trinajstić information content (AvgIpc) is 2.95. The first-order valence-electron chi connectivity index (χ1n) is 8.82. The van der Waals surface area contributed by atoms with Crippen LogP contribution in [0.25, 0.3) is 0 Å². The van der Waals surface area contributed by atoms with Crippen LogP contribution in [-0.4, -0.2) is 31.6 Å². The van der Waals surface area contributed by atoms with Gasteiger partial charge in [0.25, 0.3) is 5.91 Å². The fraction of sp³-hybridized carbons (Fsp3) is 0.300. The highest BCUT2D eigenvalue weighted by Crippen LogP contribution is 2.32. The number of amides is 2. The van der Waals surface area contributed by atoms with Gasteiger partial charge >= 0.3 is 0 Å². The summed E-state index contributed by atoms with van der Waals surface area (Å²) in [6, 6.07) is 12.5. The zero-order valence-electron chi connectivity index (χ0n) is 14.4. The zero-order valence-corrected chi connectivity index (χ0v) is 14.4. The van der Waals surface area contributed by atoms with E-state index in [1.165, 1.54) is 0 Å². The molecule has 2 heterocycles. The average molecular weight is 352 g/mol. The molecule has 134 valence electrons. The van der Waals surface area contributed by atoms with Gasteiger partial charge in [0, 0.05) is 42.4 Å². The van der Waals surface area contributed by atoms with Crippen molar-refractivity contribution < 1.29 is 19.1 Å². The summed E-state index contributed by atoms with van der Waals surface area (Å²) >= 11 is 0. The molecule has 26 heavy (non-hydrogen) atoms. The SMILES string of the molecule is O=C(Nc1ccc2c(c1)OCCCO2)c1cccc(N2CCCC2=O)c1. The molecular weight excluding hydrogens is 332 g/mol. The van der Waals surface area contributed by atoms with E-state index < -0.39 is 0 Å². The van der Waals surface area contributed by atoms with E-state index in [0.29, 0.717) is 48.9 Å². The molecule has 2 amide bonds. The summed E-state index contributed by atoms with van der Waals surface area (Å²) in [5.74, 6) is 1.20. The third-order valence-electron chi connectivity index (χ3n) is 4.50. The second kappa shape index (κ2) is 7.07. The quantitative estimate of drug-likeness (QED) is 0.921. The molecule has 2 aliphatic heterocycles. The van der Waals surface area contributed by atoms with Crippen molar-refractivity contribution in [2.45, 2.75) is 19.3 Å². The fourth-order valence-electron chi connectivity index (χ4n) is 3.18. The van der Waals surface area contributed by atoms with Crippen LogP contribution in [0.3, 0.4) is 0 Å². The van der Waals surface area contributed by atoms with Gasteiger partial charge < -0.3 is 19.7 Å². The van der Waals surface area contributed by atoms with Crippen molar-refractivity contribution in [1.29, 1.82) is 0 Å². The van der Waals surface area contributed by atoms with E-state index in [2.05, 4.69) is 5.32 Å². The molecule has 1 N–H and O–H groups in total. The van der Waals surface area contributed by atoms with Crippen LogP contribution in [0.2, 0.25) is 0 Å². The van der Waals surface area contributed by atoms with Crippen LogP contribution in [0.15, 0.2) is 42.5 Å². The Kier molecular flexibility index (Phi) is 4.48. The molecule has 4 rings (SSSR count). The lowest BCUT2D eigenvalue weighted by Crippen LogP contribution is -2.24. The minimum absolute atomic E-state index is 0.102. The standard InChI is InChI=1S/C20H20N2O4/c23-19-6-2-9-22(19)16-5-1-4-14(12-16)20(24)21-15-7-8-17-18(13-15)26-11-3-10-25-17/h1,4-5,7-8,12-13H,2-3,6,9-11H2,(H,21,24). The molecule has 2 aromatic rings. The highest BCUT2D eigenvalue weighted by molar-refractivity contribution is 6.05. The Balaban J connectivity index is 1.51. The summed E-state index contributed by atoms with van der Waals surface area (Å²) in [5, 5.41) is 2.88. The molecule has 2 aliphatic rings. The lowest BCUT2D eigenvalue weighted by Gasteiger charge is -2.16. The van der Waals surface area contributed by atoms with Crippen LogP contribution < -0.4 is 19.7 Å². The number of carbonyl (C=O) groups excluding carboxylic acids is 2. The molecule has 2 aromatic carbocycles. The normalized spacial score (nSPS) is 16.3. The van der Waals surface area contributed by atoms with E-state index in [-0.39, 0.29) is 11.8 Å². The van der Waals surface area contributed by atoms with Gasteiger partial charge in [0.1, 0.15) is 0 Å². The number of nitrogens with zero attached hydrogens (tertiary/aromatic N) is 1. The minimum atomic E-state index is -0.229. The van der Waals surface area contributed by atoms with Gasteiger partial charge in [-0.3, -0.25) is 9.59 Å². The minimum Gasteiger partial charge on any atom is -0.490 e. The molecule has 0 aliphatic carbocycles. The zero-order chi connectivity index (χ0) is 17.9. The number of carbonyl (C=O) groups is 2. The molecule has 0 radical (unpaired) electrons. The van der Waals surface area contributed by atoms with Gasteiger partial charge in [-0.25, -0.2) is 0 Å². The largest absolute Gasteiger partial charge is 0.490 e. The lowest BCUT2D eigenvalue weighted by atomic mass is 10.1. The van der Waals surface area contributed by atoms with Crippen LogP contribution in [0.4, 0.5) is 11.4 Å².